The molecule has 0 saturated carbocycles. The van der Waals surface area contributed by atoms with Gasteiger partial charge < -0.3 is 14.9 Å². The molecule has 0 saturated heterocycles. The molecule has 6 heteroatoms. The highest BCUT2D eigenvalue weighted by molar-refractivity contribution is 5.88. The Morgan fingerprint density at radius 3 is 2.53 bits per heavy atom. The van der Waals surface area contributed by atoms with Crippen molar-refractivity contribution in [3.63, 3.8) is 0 Å². The Bertz CT molecular complexity index is 448. The molecule has 0 aliphatic rings. The van der Waals surface area contributed by atoms with Crippen molar-refractivity contribution in [2.75, 3.05) is 32.1 Å². The van der Waals surface area contributed by atoms with Crippen LogP contribution in [0.1, 0.15) is 29.9 Å². The average Bonchev–Trinajstić information content (AvgIpc) is 2.28. The van der Waals surface area contributed by atoms with Crippen molar-refractivity contribution in [2.24, 2.45) is 0 Å². The van der Waals surface area contributed by atoms with Crippen LogP contribution in [0, 0.1) is 6.92 Å². The lowest BCUT2D eigenvalue weighted by molar-refractivity contribution is 0.0695. The summed E-state index contributed by atoms with van der Waals surface area (Å²) >= 11 is 0. The molecule has 0 fully saturated rings. The van der Waals surface area contributed by atoms with E-state index < -0.39 is 5.97 Å². The maximum absolute atomic E-state index is 11.0. The Labute approximate surface area is 114 Å². The SMILES string of the molecule is CCN(c1ncc(C(=O)O)c(C)n1)C(C)CN(C)C. The topological polar surface area (TPSA) is 69.6 Å². The molecule has 1 N–H and O–H groups in total. The van der Waals surface area contributed by atoms with Gasteiger partial charge in [0.05, 0.1) is 11.3 Å². The van der Waals surface area contributed by atoms with Crippen LogP contribution in [-0.4, -0.2) is 59.2 Å². The van der Waals surface area contributed by atoms with E-state index in [0.717, 1.165) is 13.1 Å². The molecule has 0 bridgehead atoms. The highest BCUT2D eigenvalue weighted by Crippen LogP contribution is 2.14. The second-order valence-electron chi connectivity index (χ2n) is 4.87. The molecule has 0 amide bonds. The van der Waals surface area contributed by atoms with Gasteiger partial charge in [-0.2, -0.15) is 0 Å². The number of nitrogens with zero attached hydrogens (tertiary/aromatic N) is 4. The van der Waals surface area contributed by atoms with Gasteiger partial charge in [-0.1, -0.05) is 0 Å². The number of carboxylic acids is 1. The van der Waals surface area contributed by atoms with Crippen LogP contribution in [0.4, 0.5) is 5.95 Å². The van der Waals surface area contributed by atoms with Gasteiger partial charge in [0.15, 0.2) is 0 Å². The minimum absolute atomic E-state index is 0.153. The highest BCUT2D eigenvalue weighted by Gasteiger charge is 2.18. The average molecular weight is 266 g/mol. The van der Waals surface area contributed by atoms with E-state index in [2.05, 4.69) is 26.7 Å². The van der Waals surface area contributed by atoms with Crippen molar-refractivity contribution in [2.45, 2.75) is 26.8 Å². The smallest absolute Gasteiger partial charge is 0.339 e. The van der Waals surface area contributed by atoms with Gasteiger partial charge in [-0.05, 0) is 34.9 Å². The van der Waals surface area contributed by atoms with Crippen molar-refractivity contribution in [3.8, 4) is 0 Å². The first kappa shape index (κ1) is 15.4. The third kappa shape index (κ3) is 3.89. The summed E-state index contributed by atoms with van der Waals surface area (Å²) in [5.74, 6) is -0.409. The summed E-state index contributed by atoms with van der Waals surface area (Å²) in [4.78, 5) is 23.6. The molecule has 0 spiro atoms. The molecular weight excluding hydrogens is 244 g/mol. The van der Waals surface area contributed by atoms with E-state index in [1.807, 2.05) is 21.0 Å². The van der Waals surface area contributed by atoms with E-state index >= 15 is 0 Å². The third-order valence-corrected chi connectivity index (χ3v) is 2.96. The molecule has 1 unspecified atom stereocenters. The third-order valence-electron chi connectivity index (χ3n) is 2.96. The first-order valence-corrected chi connectivity index (χ1v) is 6.35. The van der Waals surface area contributed by atoms with E-state index in [9.17, 15) is 4.79 Å². The summed E-state index contributed by atoms with van der Waals surface area (Å²) in [6.45, 7) is 7.50. The van der Waals surface area contributed by atoms with Crippen molar-refractivity contribution in [1.29, 1.82) is 0 Å². The van der Waals surface area contributed by atoms with Gasteiger partial charge in [-0.15, -0.1) is 0 Å². The quantitative estimate of drug-likeness (QED) is 0.836. The zero-order chi connectivity index (χ0) is 14.6. The first-order valence-electron chi connectivity index (χ1n) is 6.35. The normalized spacial score (nSPS) is 12.5. The molecular formula is C13H22N4O2. The van der Waals surface area contributed by atoms with E-state index in [1.54, 1.807) is 6.92 Å². The van der Waals surface area contributed by atoms with Gasteiger partial charge in [0.25, 0.3) is 0 Å². The Morgan fingerprint density at radius 2 is 2.11 bits per heavy atom. The Balaban J connectivity index is 2.99. The summed E-state index contributed by atoms with van der Waals surface area (Å²) in [5.41, 5.74) is 0.646. The molecule has 19 heavy (non-hydrogen) atoms. The summed E-state index contributed by atoms with van der Waals surface area (Å²) in [5, 5.41) is 8.98. The van der Waals surface area contributed by atoms with Gasteiger partial charge in [-0.25, -0.2) is 14.8 Å². The van der Waals surface area contributed by atoms with Crippen LogP contribution in [0.25, 0.3) is 0 Å². The lowest BCUT2D eigenvalue weighted by Gasteiger charge is -2.30. The first-order chi connectivity index (χ1) is 8.86. The number of hydrogen-bond acceptors (Lipinski definition) is 5. The van der Waals surface area contributed by atoms with E-state index in [0.29, 0.717) is 11.6 Å². The van der Waals surface area contributed by atoms with Crippen LogP contribution in [0.2, 0.25) is 0 Å². The Morgan fingerprint density at radius 1 is 1.47 bits per heavy atom. The second kappa shape index (κ2) is 6.47. The number of carboxylic acid groups (broad SMARTS) is 1. The number of likely N-dealkylation sites (N-methyl/N-ethyl adjacent to an activating group) is 2. The van der Waals surface area contributed by atoms with Gasteiger partial charge in [0.2, 0.25) is 5.95 Å². The number of rotatable bonds is 6. The van der Waals surface area contributed by atoms with E-state index in [4.69, 9.17) is 5.11 Å². The molecule has 0 radical (unpaired) electrons. The standard InChI is InChI=1S/C13H22N4O2/c1-6-17(9(2)8-16(4)5)13-14-7-11(12(18)19)10(3)15-13/h7,9H,6,8H2,1-5H3,(H,18,19). The maximum Gasteiger partial charge on any atom is 0.339 e. The summed E-state index contributed by atoms with van der Waals surface area (Å²) < 4.78 is 0. The predicted molar refractivity (Wildman–Crippen MR) is 74.8 cm³/mol. The van der Waals surface area contributed by atoms with Crippen LogP contribution in [0.15, 0.2) is 6.20 Å². The lowest BCUT2D eigenvalue weighted by Crippen LogP contribution is -2.41. The van der Waals surface area contributed by atoms with E-state index in [1.165, 1.54) is 6.20 Å². The summed E-state index contributed by atoms with van der Waals surface area (Å²) in [7, 11) is 4.04. The number of aryl methyl sites for hydroxylation is 1. The predicted octanol–water partition coefficient (Wildman–Crippen LogP) is 1.26. The van der Waals surface area contributed by atoms with E-state index in [-0.39, 0.29) is 11.6 Å². The molecule has 0 aliphatic heterocycles. The van der Waals surface area contributed by atoms with Gasteiger partial charge in [-0.3, -0.25) is 0 Å². The fraction of sp³-hybridized carbons (Fsp3) is 0.615. The summed E-state index contributed by atoms with van der Waals surface area (Å²) in [6, 6.07) is 0.259. The Kier molecular flexibility index (Phi) is 5.23. The molecule has 1 atom stereocenters. The molecule has 6 nitrogen and oxygen atoms in total. The second-order valence-corrected chi connectivity index (χ2v) is 4.87. The summed E-state index contributed by atoms with van der Waals surface area (Å²) in [6.07, 6.45) is 1.38. The fourth-order valence-electron chi connectivity index (χ4n) is 2.08. The van der Waals surface area contributed by atoms with Crippen molar-refractivity contribution in [1.82, 2.24) is 14.9 Å². The molecule has 1 aromatic rings. The van der Waals surface area contributed by atoms with Crippen molar-refractivity contribution < 1.29 is 9.90 Å². The zero-order valence-corrected chi connectivity index (χ0v) is 12.2. The zero-order valence-electron chi connectivity index (χ0n) is 12.2. The minimum Gasteiger partial charge on any atom is -0.478 e. The van der Waals surface area contributed by atoms with Crippen LogP contribution in [0.3, 0.4) is 0 Å². The van der Waals surface area contributed by atoms with Crippen molar-refractivity contribution in [3.05, 3.63) is 17.5 Å². The Hall–Kier alpha value is -1.69. The molecule has 1 rings (SSSR count). The minimum atomic E-state index is -0.992. The molecule has 1 heterocycles. The van der Waals surface area contributed by atoms with Gasteiger partial charge in [0, 0.05) is 25.3 Å². The van der Waals surface area contributed by atoms with Crippen LogP contribution < -0.4 is 4.90 Å². The number of aromatic carboxylic acids is 1. The number of carbonyl (C=O) groups is 1. The largest absolute Gasteiger partial charge is 0.478 e. The number of anilines is 1. The molecule has 1 aromatic heterocycles. The number of hydrogen-bond donors (Lipinski definition) is 1. The lowest BCUT2D eigenvalue weighted by atomic mass is 10.2. The van der Waals surface area contributed by atoms with Crippen LogP contribution in [-0.2, 0) is 0 Å². The molecule has 106 valence electrons. The maximum atomic E-state index is 11.0. The van der Waals surface area contributed by atoms with Gasteiger partial charge in [0.1, 0.15) is 0 Å². The van der Waals surface area contributed by atoms with Gasteiger partial charge >= 0.3 is 5.97 Å². The van der Waals surface area contributed by atoms with Crippen LogP contribution in [0.5, 0.6) is 0 Å². The molecule has 0 aliphatic carbocycles. The van der Waals surface area contributed by atoms with Crippen molar-refractivity contribution >= 4 is 11.9 Å². The van der Waals surface area contributed by atoms with Crippen LogP contribution >= 0.6 is 0 Å². The monoisotopic (exact) mass is 266 g/mol. The fourth-order valence-corrected chi connectivity index (χ4v) is 2.08. The highest BCUT2D eigenvalue weighted by atomic mass is 16.4. The number of aromatic nitrogens is 2. The molecule has 0 aromatic carbocycles.